The van der Waals surface area contributed by atoms with Crippen LogP contribution in [0.5, 0.6) is 0 Å². The van der Waals surface area contributed by atoms with Gasteiger partial charge in [0.25, 0.3) is 0 Å². The Morgan fingerprint density at radius 3 is 2.52 bits per heavy atom. The first-order valence-corrected chi connectivity index (χ1v) is 9.78. The van der Waals surface area contributed by atoms with Gasteiger partial charge in [-0.1, -0.05) is 23.7 Å². The van der Waals surface area contributed by atoms with Crippen molar-refractivity contribution in [3.8, 4) is 0 Å². The molecule has 25 heavy (non-hydrogen) atoms. The van der Waals surface area contributed by atoms with Crippen LogP contribution in [0, 0.1) is 17.3 Å². The van der Waals surface area contributed by atoms with Gasteiger partial charge in [0.2, 0.25) is 5.91 Å². The van der Waals surface area contributed by atoms with Crippen molar-refractivity contribution in [2.24, 2.45) is 17.3 Å². The van der Waals surface area contributed by atoms with E-state index in [1.165, 1.54) is 31.2 Å². The first-order chi connectivity index (χ1) is 11.7. The van der Waals surface area contributed by atoms with Gasteiger partial charge in [0.1, 0.15) is 0 Å². The van der Waals surface area contributed by atoms with Crippen molar-refractivity contribution in [2.45, 2.75) is 38.5 Å². The summed E-state index contributed by atoms with van der Waals surface area (Å²) >= 11 is 5.96. The highest BCUT2D eigenvalue weighted by Gasteiger charge is 2.58. The van der Waals surface area contributed by atoms with Crippen LogP contribution in [-0.4, -0.2) is 37.0 Å². The molecule has 1 unspecified atom stereocenters. The second kappa shape index (κ2) is 7.85. The number of nitrogens with zero attached hydrogens (tertiary/aromatic N) is 1. The quantitative estimate of drug-likeness (QED) is 0.807. The summed E-state index contributed by atoms with van der Waals surface area (Å²) in [5.41, 5.74) is 1.60. The Hall–Kier alpha value is -0.770. The molecular formula is C20H28Cl2N2O. The Kier molecular flexibility index (Phi) is 5.97. The largest absolute Gasteiger partial charge is 0.342 e. The molecule has 1 aliphatic heterocycles. The van der Waals surface area contributed by atoms with E-state index in [4.69, 9.17) is 11.6 Å². The van der Waals surface area contributed by atoms with Crippen LogP contribution in [0.1, 0.15) is 37.7 Å². The van der Waals surface area contributed by atoms with Crippen molar-refractivity contribution >= 4 is 29.9 Å². The Morgan fingerprint density at radius 1 is 1.20 bits per heavy atom. The molecule has 0 bridgehead atoms. The van der Waals surface area contributed by atoms with E-state index < -0.39 is 0 Å². The van der Waals surface area contributed by atoms with E-state index in [0.717, 1.165) is 50.0 Å². The first kappa shape index (κ1) is 19.0. The topological polar surface area (TPSA) is 32.3 Å². The minimum Gasteiger partial charge on any atom is -0.342 e. The van der Waals surface area contributed by atoms with Crippen molar-refractivity contribution in [3.05, 3.63) is 34.9 Å². The van der Waals surface area contributed by atoms with Crippen LogP contribution in [-0.2, 0) is 11.2 Å². The second-order valence-corrected chi connectivity index (χ2v) is 8.41. The maximum Gasteiger partial charge on any atom is 0.226 e. The van der Waals surface area contributed by atoms with Gasteiger partial charge < -0.3 is 10.2 Å². The fourth-order valence-corrected chi connectivity index (χ4v) is 4.34. The van der Waals surface area contributed by atoms with Gasteiger partial charge in [0, 0.05) is 24.0 Å². The Labute approximate surface area is 161 Å². The van der Waals surface area contributed by atoms with E-state index in [1.54, 1.807) is 0 Å². The number of hydrogen-bond acceptors (Lipinski definition) is 2. The highest BCUT2D eigenvalue weighted by atomic mass is 35.5. The second-order valence-electron chi connectivity index (χ2n) is 7.97. The molecule has 3 fully saturated rings. The van der Waals surface area contributed by atoms with E-state index in [9.17, 15) is 4.79 Å². The van der Waals surface area contributed by atoms with Crippen LogP contribution in [0.3, 0.4) is 0 Å². The maximum atomic E-state index is 13.1. The van der Waals surface area contributed by atoms with E-state index in [-0.39, 0.29) is 12.4 Å². The Morgan fingerprint density at radius 2 is 1.88 bits per heavy atom. The first-order valence-electron chi connectivity index (χ1n) is 9.40. The lowest BCUT2D eigenvalue weighted by Gasteiger charge is -2.27. The molecule has 1 amide bonds. The molecule has 3 nitrogen and oxygen atoms in total. The van der Waals surface area contributed by atoms with Crippen LogP contribution < -0.4 is 5.32 Å². The van der Waals surface area contributed by atoms with Crippen LogP contribution >= 0.6 is 24.0 Å². The summed E-state index contributed by atoms with van der Waals surface area (Å²) in [6.45, 7) is 3.98. The molecule has 138 valence electrons. The molecule has 1 spiro atoms. The highest BCUT2D eigenvalue weighted by Crippen LogP contribution is 2.59. The number of nitrogens with one attached hydrogen (secondary N) is 1. The molecule has 0 radical (unpaired) electrons. The summed E-state index contributed by atoms with van der Waals surface area (Å²) in [4.78, 5) is 15.3. The molecule has 0 aromatic heterocycles. The molecule has 4 rings (SSSR count). The van der Waals surface area contributed by atoms with Crippen LogP contribution in [0.2, 0.25) is 5.02 Å². The van der Waals surface area contributed by atoms with E-state index in [2.05, 4.69) is 22.3 Å². The lowest BCUT2D eigenvalue weighted by molar-refractivity contribution is -0.133. The van der Waals surface area contributed by atoms with Crippen LogP contribution in [0.25, 0.3) is 0 Å². The molecule has 1 saturated heterocycles. The van der Waals surface area contributed by atoms with Crippen molar-refractivity contribution < 1.29 is 4.79 Å². The fourth-order valence-electron chi connectivity index (χ4n) is 4.21. The van der Waals surface area contributed by atoms with Gasteiger partial charge in [0.15, 0.2) is 0 Å². The molecule has 1 heterocycles. The van der Waals surface area contributed by atoms with Crippen LogP contribution in [0.15, 0.2) is 24.3 Å². The lowest BCUT2D eigenvalue weighted by Crippen LogP contribution is -2.38. The van der Waals surface area contributed by atoms with Crippen molar-refractivity contribution in [2.75, 3.05) is 26.2 Å². The monoisotopic (exact) mass is 382 g/mol. The molecule has 5 heteroatoms. The highest BCUT2D eigenvalue weighted by molar-refractivity contribution is 6.30. The van der Waals surface area contributed by atoms with Gasteiger partial charge in [-0.2, -0.15) is 0 Å². The third-order valence-corrected chi connectivity index (χ3v) is 6.41. The zero-order valence-electron chi connectivity index (χ0n) is 14.7. The summed E-state index contributed by atoms with van der Waals surface area (Å²) in [5.74, 6) is 1.48. The summed E-state index contributed by atoms with van der Waals surface area (Å²) in [6, 6.07) is 8.03. The minimum atomic E-state index is 0. The third-order valence-electron chi connectivity index (χ3n) is 6.16. The molecule has 2 aliphatic carbocycles. The lowest BCUT2D eigenvalue weighted by atomic mass is 9.91. The molecule has 1 aromatic carbocycles. The van der Waals surface area contributed by atoms with Gasteiger partial charge in [-0.3, -0.25) is 4.79 Å². The number of rotatable bonds is 6. The number of benzene rings is 1. The number of carbonyl (C=O) groups excluding carboxylic acids is 1. The molecule has 1 aromatic rings. The van der Waals surface area contributed by atoms with E-state index in [1.807, 2.05) is 12.1 Å². The Bertz CT molecular complexity index is 594. The summed E-state index contributed by atoms with van der Waals surface area (Å²) in [7, 11) is 0. The maximum absolute atomic E-state index is 13.1. The molecule has 1 atom stereocenters. The average Bonchev–Trinajstić information content (AvgIpc) is 3.51. The fraction of sp³-hybridized carbons (Fsp3) is 0.650. The normalized spacial score (nSPS) is 23.8. The van der Waals surface area contributed by atoms with Crippen LogP contribution in [0.4, 0.5) is 0 Å². The number of hydrogen-bond donors (Lipinski definition) is 1. The zero-order chi connectivity index (χ0) is 16.6. The predicted octanol–water partition coefficient (Wildman–Crippen LogP) is 3.93. The number of piperidine rings is 1. The molecule has 3 aliphatic rings. The minimum absolute atomic E-state index is 0. The molecule has 2 saturated carbocycles. The standard InChI is InChI=1S/C20H27ClN2O.ClH/c21-17-5-3-15(4-6-17)7-12-23(14-16-1-2-16)19(24)18-13-20(18)8-10-22-11-9-20;/h3-6,16,18,22H,1-2,7-14H2;1H. The third kappa shape index (κ3) is 4.50. The van der Waals surface area contributed by atoms with Gasteiger partial charge in [-0.25, -0.2) is 0 Å². The zero-order valence-corrected chi connectivity index (χ0v) is 16.2. The smallest absolute Gasteiger partial charge is 0.226 e. The Balaban J connectivity index is 0.00000182. The van der Waals surface area contributed by atoms with Gasteiger partial charge in [-0.15, -0.1) is 12.4 Å². The molecular weight excluding hydrogens is 355 g/mol. The number of carbonyl (C=O) groups is 1. The SMILES string of the molecule is Cl.O=C(C1CC12CCNCC2)N(CCc1ccc(Cl)cc1)CC1CC1. The summed E-state index contributed by atoms with van der Waals surface area (Å²) < 4.78 is 0. The van der Waals surface area contributed by atoms with Crippen molar-refractivity contribution in [1.82, 2.24) is 10.2 Å². The molecule has 1 N–H and O–H groups in total. The predicted molar refractivity (Wildman–Crippen MR) is 104 cm³/mol. The van der Waals surface area contributed by atoms with Gasteiger partial charge in [-0.05, 0) is 80.6 Å². The summed E-state index contributed by atoms with van der Waals surface area (Å²) in [5, 5.41) is 4.20. The van der Waals surface area contributed by atoms with E-state index in [0.29, 0.717) is 17.2 Å². The summed E-state index contributed by atoms with van der Waals surface area (Å²) in [6.07, 6.45) is 7.00. The average molecular weight is 383 g/mol. The number of halogens is 2. The van der Waals surface area contributed by atoms with E-state index >= 15 is 0 Å². The number of amides is 1. The van der Waals surface area contributed by atoms with Crippen molar-refractivity contribution in [1.29, 1.82) is 0 Å². The van der Waals surface area contributed by atoms with Crippen molar-refractivity contribution in [3.63, 3.8) is 0 Å². The van der Waals surface area contributed by atoms with Gasteiger partial charge in [0.05, 0.1) is 0 Å². The van der Waals surface area contributed by atoms with Gasteiger partial charge >= 0.3 is 0 Å².